The number of aromatic nitrogens is 3. The van der Waals surface area contributed by atoms with Crippen LogP contribution in [0, 0.1) is 6.92 Å². The largest absolute Gasteiger partial charge is 0.342 e. The molecule has 0 fully saturated rings. The van der Waals surface area contributed by atoms with E-state index >= 15 is 0 Å². The molecule has 7 nitrogen and oxygen atoms in total. The van der Waals surface area contributed by atoms with Crippen LogP contribution in [0.3, 0.4) is 0 Å². The number of nitrogens with one attached hydrogen (secondary N) is 2. The predicted octanol–water partition coefficient (Wildman–Crippen LogP) is 4.76. The molecule has 1 heterocycles. The second-order valence-corrected chi connectivity index (χ2v) is 9.00. The van der Waals surface area contributed by atoms with Crippen LogP contribution < -0.4 is 10.6 Å². The van der Waals surface area contributed by atoms with Gasteiger partial charge in [-0.25, -0.2) is 0 Å². The van der Waals surface area contributed by atoms with Gasteiger partial charge in [0.15, 0.2) is 11.0 Å². The summed E-state index contributed by atoms with van der Waals surface area (Å²) in [5.74, 6) is 0.442. The van der Waals surface area contributed by atoms with Crippen LogP contribution in [0.5, 0.6) is 0 Å². The lowest BCUT2D eigenvalue weighted by Crippen LogP contribution is -2.28. The van der Waals surface area contributed by atoms with Gasteiger partial charge in [0.05, 0.1) is 11.8 Å². The number of benzene rings is 2. The van der Waals surface area contributed by atoms with Crippen molar-refractivity contribution in [2.24, 2.45) is 0 Å². The second-order valence-electron chi connectivity index (χ2n) is 7.14. The molecule has 2 N–H and O–H groups in total. The summed E-state index contributed by atoms with van der Waals surface area (Å²) in [5.41, 5.74) is 2.39. The van der Waals surface area contributed by atoms with Crippen molar-refractivity contribution < 1.29 is 9.59 Å². The fourth-order valence-electron chi connectivity index (χ4n) is 2.94. The molecular weight excluding hydrogens is 490 g/mol. The van der Waals surface area contributed by atoms with Gasteiger partial charge in [-0.3, -0.25) is 9.59 Å². The number of halogens is 1. The number of hydrogen-bond donors (Lipinski definition) is 2. The highest BCUT2D eigenvalue weighted by atomic mass is 79.9. The molecule has 32 heavy (non-hydrogen) atoms. The van der Waals surface area contributed by atoms with Gasteiger partial charge in [0.25, 0.3) is 5.91 Å². The van der Waals surface area contributed by atoms with Crippen molar-refractivity contribution in [1.82, 2.24) is 20.1 Å². The average Bonchev–Trinajstić information content (AvgIpc) is 3.17. The van der Waals surface area contributed by atoms with Crippen LogP contribution in [0.2, 0.25) is 0 Å². The van der Waals surface area contributed by atoms with Crippen LogP contribution in [0.25, 0.3) is 0 Å². The van der Waals surface area contributed by atoms with E-state index < -0.39 is 0 Å². The molecule has 0 aliphatic rings. The van der Waals surface area contributed by atoms with Crippen molar-refractivity contribution in [2.75, 3.05) is 11.1 Å². The van der Waals surface area contributed by atoms with Crippen molar-refractivity contribution in [3.8, 4) is 0 Å². The van der Waals surface area contributed by atoms with Gasteiger partial charge < -0.3 is 15.2 Å². The molecule has 1 aromatic heterocycles. The first-order valence-electron chi connectivity index (χ1n) is 9.97. The lowest BCUT2D eigenvalue weighted by molar-refractivity contribution is -0.113. The van der Waals surface area contributed by atoms with Crippen LogP contribution in [0.4, 0.5) is 5.69 Å². The Labute approximate surface area is 199 Å². The Balaban J connectivity index is 1.65. The van der Waals surface area contributed by atoms with Crippen molar-refractivity contribution >= 4 is 45.2 Å². The second kappa shape index (κ2) is 11.1. The number of rotatable bonds is 9. The molecule has 1 atom stereocenters. The molecule has 0 bridgehead atoms. The third-order valence-electron chi connectivity index (χ3n) is 4.57. The first kappa shape index (κ1) is 23.7. The number of anilines is 1. The first-order chi connectivity index (χ1) is 15.4. The Kier molecular flexibility index (Phi) is 8.24. The Hall–Kier alpha value is -2.91. The van der Waals surface area contributed by atoms with Crippen molar-refractivity contribution in [3.05, 3.63) is 82.6 Å². The summed E-state index contributed by atoms with van der Waals surface area (Å²) < 4.78 is 2.79. The highest BCUT2D eigenvalue weighted by Crippen LogP contribution is 2.22. The molecule has 0 spiro atoms. The summed E-state index contributed by atoms with van der Waals surface area (Å²) in [4.78, 5) is 24.9. The van der Waals surface area contributed by atoms with E-state index in [2.05, 4.69) is 43.3 Å². The zero-order chi connectivity index (χ0) is 23.1. The van der Waals surface area contributed by atoms with Gasteiger partial charge in [-0.15, -0.1) is 16.8 Å². The minimum atomic E-state index is -0.373. The number of amides is 2. The third kappa shape index (κ3) is 6.30. The lowest BCUT2D eigenvalue weighted by Gasteiger charge is -2.15. The minimum absolute atomic E-state index is 0.146. The van der Waals surface area contributed by atoms with E-state index in [1.54, 1.807) is 18.2 Å². The normalized spacial score (nSPS) is 11.6. The van der Waals surface area contributed by atoms with Crippen LogP contribution in [-0.2, 0) is 11.3 Å². The summed E-state index contributed by atoms with van der Waals surface area (Å²) >= 11 is 4.65. The Morgan fingerprint density at radius 3 is 2.50 bits per heavy atom. The summed E-state index contributed by atoms with van der Waals surface area (Å²) in [5, 5.41) is 14.9. The summed E-state index contributed by atoms with van der Waals surface area (Å²) in [6.07, 6.45) is 1.73. The Bertz CT molecular complexity index is 1100. The van der Waals surface area contributed by atoms with E-state index in [-0.39, 0.29) is 23.6 Å². The van der Waals surface area contributed by atoms with E-state index in [0.717, 1.165) is 15.7 Å². The quantitative estimate of drug-likeness (QED) is 0.318. The number of aryl methyl sites for hydroxylation is 1. The maximum absolute atomic E-state index is 12.6. The average molecular weight is 514 g/mol. The van der Waals surface area contributed by atoms with Crippen LogP contribution in [0.1, 0.15) is 34.7 Å². The molecule has 2 aromatic carbocycles. The molecule has 9 heteroatoms. The van der Waals surface area contributed by atoms with Crippen molar-refractivity contribution in [3.63, 3.8) is 0 Å². The third-order valence-corrected chi connectivity index (χ3v) is 6.06. The van der Waals surface area contributed by atoms with Gasteiger partial charge in [0.2, 0.25) is 5.91 Å². The number of hydrogen-bond acceptors (Lipinski definition) is 5. The van der Waals surface area contributed by atoms with Crippen LogP contribution >= 0.6 is 27.7 Å². The summed E-state index contributed by atoms with van der Waals surface area (Å²) in [6, 6.07) is 14.4. The molecule has 2 amide bonds. The minimum Gasteiger partial charge on any atom is -0.342 e. The highest BCUT2D eigenvalue weighted by molar-refractivity contribution is 9.10. The zero-order valence-electron chi connectivity index (χ0n) is 17.8. The fraction of sp³-hybridized carbons (Fsp3) is 0.217. The maximum atomic E-state index is 12.6. The maximum Gasteiger partial charge on any atom is 0.251 e. The van der Waals surface area contributed by atoms with E-state index in [1.165, 1.54) is 11.8 Å². The number of nitrogens with zero attached hydrogens (tertiary/aromatic N) is 3. The molecule has 0 aliphatic carbocycles. The molecule has 3 aromatic rings. The monoisotopic (exact) mass is 513 g/mol. The molecule has 0 radical (unpaired) electrons. The zero-order valence-corrected chi connectivity index (χ0v) is 20.2. The first-order valence-corrected chi connectivity index (χ1v) is 11.7. The molecule has 3 rings (SSSR count). The van der Waals surface area contributed by atoms with Gasteiger partial charge >= 0.3 is 0 Å². The fourth-order valence-corrected chi connectivity index (χ4v) is 3.96. The number of carbonyl (C=O) groups excluding carboxylic acids is 2. The van der Waals surface area contributed by atoms with Gasteiger partial charge in [-0.05, 0) is 50.2 Å². The lowest BCUT2D eigenvalue weighted by atomic mass is 10.1. The SMILES string of the molecule is C=CCn1c(SCC(=O)Nc2ccc(Br)cc2)nnc1[C@H](C)NC(=O)c1ccc(C)cc1. The van der Waals surface area contributed by atoms with Crippen LogP contribution in [-0.4, -0.2) is 32.3 Å². The van der Waals surface area contributed by atoms with E-state index in [9.17, 15) is 9.59 Å². The van der Waals surface area contributed by atoms with E-state index in [4.69, 9.17) is 0 Å². The molecule has 0 unspecified atom stereocenters. The predicted molar refractivity (Wildman–Crippen MR) is 131 cm³/mol. The highest BCUT2D eigenvalue weighted by Gasteiger charge is 2.20. The summed E-state index contributed by atoms with van der Waals surface area (Å²) in [7, 11) is 0. The topological polar surface area (TPSA) is 88.9 Å². The molecule has 0 saturated heterocycles. The van der Waals surface area contributed by atoms with Crippen molar-refractivity contribution in [1.29, 1.82) is 0 Å². The molecular formula is C23H24BrN5O2S. The summed E-state index contributed by atoms with van der Waals surface area (Å²) in [6.45, 7) is 8.08. The number of carbonyl (C=O) groups is 2. The Morgan fingerprint density at radius 2 is 1.84 bits per heavy atom. The Morgan fingerprint density at radius 1 is 1.16 bits per heavy atom. The molecule has 166 valence electrons. The van der Waals surface area contributed by atoms with E-state index in [1.807, 2.05) is 54.8 Å². The van der Waals surface area contributed by atoms with Gasteiger partial charge in [0, 0.05) is 22.3 Å². The molecule has 0 saturated carbocycles. The van der Waals surface area contributed by atoms with Gasteiger partial charge in [-0.2, -0.15) is 0 Å². The van der Waals surface area contributed by atoms with Gasteiger partial charge in [0.1, 0.15) is 0 Å². The number of allylic oxidation sites excluding steroid dienone is 1. The van der Waals surface area contributed by atoms with E-state index in [0.29, 0.717) is 23.1 Å². The van der Waals surface area contributed by atoms with Crippen LogP contribution in [0.15, 0.2) is 70.8 Å². The molecule has 0 aliphatic heterocycles. The smallest absolute Gasteiger partial charge is 0.251 e. The van der Waals surface area contributed by atoms with Crippen molar-refractivity contribution in [2.45, 2.75) is 31.6 Å². The van der Waals surface area contributed by atoms with Gasteiger partial charge in [-0.1, -0.05) is 51.5 Å². The number of thioether (sulfide) groups is 1. The standard InChI is InChI=1S/C23H24BrN5O2S/c1-4-13-29-21(16(3)25-22(31)17-7-5-15(2)6-8-17)27-28-23(29)32-14-20(30)26-19-11-9-18(24)10-12-19/h4-12,16H,1,13-14H2,2-3H3,(H,25,31)(H,26,30)/t16-/m0/s1.